The van der Waals surface area contributed by atoms with E-state index < -0.39 is 0 Å². The Balaban J connectivity index is 3.15. The number of hydrogen-bond acceptors (Lipinski definition) is 2. The minimum Gasteiger partial charge on any atom is -0.356 e. The van der Waals surface area contributed by atoms with Crippen molar-refractivity contribution in [1.29, 1.82) is 0 Å². The second kappa shape index (κ2) is 10.2. The summed E-state index contributed by atoms with van der Waals surface area (Å²) in [4.78, 5) is 21.0. The summed E-state index contributed by atoms with van der Waals surface area (Å²) in [6.45, 7) is 4.47. The molecule has 0 aromatic rings. The van der Waals surface area contributed by atoms with E-state index in [1.165, 1.54) is 0 Å². The molecular formula is C11H19NO2. The lowest BCUT2D eigenvalue weighted by molar-refractivity contribution is -0.121. The first-order valence-corrected chi connectivity index (χ1v) is 5.22. The molecule has 3 nitrogen and oxygen atoms in total. The Morgan fingerprint density at radius 1 is 1.21 bits per heavy atom. The third-order valence-corrected chi connectivity index (χ3v) is 1.93. The Kier molecular flexibility index (Phi) is 9.59. The van der Waals surface area contributed by atoms with Crippen LogP contribution in [0.1, 0.15) is 44.9 Å². The molecule has 80 valence electrons. The van der Waals surface area contributed by atoms with Crippen molar-refractivity contribution in [3.63, 3.8) is 0 Å². The second-order valence-corrected chi connectivity index (χ2v) is 3.26. The number of unbranched alkanes of at least 4 members (excludes halogenated alkanes) is 4. The summed E-state index contributed by atoms with van der Waals surface area (Å²) in [5.41, 5.74) is 0. The molecule has 3 heteroatoms. The molecule has 0 fully saturated rings. The first-order valence-electron chi connectivity index (χ1n) is 5.22. The largest absolute Gasteiger partial charge is 0.356 e. The molecule has 0 atom stereocenters. The molecule has 2 radical (unpaired) electrons. The van der Waals surface area contributed by atoms with Crippen LogP contribution >= 0.6 is 0 Å². The van der Waals surface area contributed by atoms with Crippen LogP contribution in [0.3, 0.4) is 0 Å². The fraction of sp³-hybridized carbons (Fsp3) is 0.727. The molecule has 0 aromatic heterocycles. The van der Waals surface area contributed by atoms with Crippen molar-refractivity contribution < 1.29 is 9.59 Å². The molecule has 0 bridgehead atoms. The minimum absolute atomic E-state index is 0.0833. The summed E-state index contributed by atoms with van der Waals surface area (Å²) in [6.07, 6.45) is 7.28. The Morgan fingerprint density at radius 2 is 2.00 bits per heavy atom. The van der Waals surface area contributed by atoms with Crippen molar-refractivity contribution in [2.45, 2.75) is 44.9 Å². The molecule has 0 saturated carbocycles. The van der Waals surface area contributed by atoms with Crippen molar-refractivity contribution in [2.75, 3.05) is 6.54 Å². The van der Waals surface area contributed by atoms with Crippen molar-refractivity contribution in [3.8, 4) is 0 Å². The van der Waals surface area contributed by atoms with Crippen LogP contribution in [-0.2, 0) is 9.59 Å². The van der Waals surface area contributed by atoms with Gasteiger partial charge in [-0.1, -0.05) is 19.8 Å². The average Bonchev–Trinajstić information content (AvgIpc) is 2.19. The zero-order valence-corrected chi connectivity index (χ0v) is 8.68. The molecule has 0 spiro atoms. The lowest BCUT2D eigenvalue weighted by Gasteiger charge is -2.03. The van der Waals surface area contributed by atoms with Gasteiger partial charge in [-0.2, -0.15) is 0 Å². The van der Waals surface area contributed by atoms with Crippen LogP contribution in [0.5, 0.6) is 0 Å². The second-order valence-electron chi connectivity index (χ2n) is 3.26. The monoisotopic (exact) mass is 197 g/mol. The number of carbonyl (C=O) groups is 1. The lowest BCUT2D eigenvalue weighted by atomic mass is 10.2. The van der Waals surface area contributed by atoms with E-state index in [9.17, 15) is 9.59 Å². The van der Waals surface area contributed by atoms with Crippen LogP contribution in [0.4, 0.5) is 0 Å². The Morgan fingerprint density at radius 3 is 2.64 bits per heavy atom. The van der Waals surface area contributed by atoms with E-state index in [0.717, 1.165) is 38.6 Å². The number of nitrogens with one attached hydrogen (secondary N) is 1. The number of amides is 1. The SMILES string of the molecule is [CH2]CCCCNC(=O)CCCC[C]=O. The summed E-state index contributed by atoms with van der Waals surface area (Å²) >= 11 is 0. The third kappa shape index (κ3) is 9.23. The molecule has 0 aliphatic carbocycles. The highest BCUT2D eigenvalue weighted by molar-refractivity contribution is 5.75. The maximum Gasteiger partial charge on any atom is 0.219 e. The van der Waals surface area contributed by atoms with Gasteiger partial charge in [0.1, 0.15) is 0 Å². The number of carbonyl (C=O) groups excluding carboxylic acids is 2. The van der Waals surface area contributed by atoms with E-state index >= 15 is 0 Å². The van der Waals surface area contributed by atoms with E-state index in [2.05, 4.69) is 12.2 Å². The van der Waals surface area contributed by atoms with Gasteiger partial charge in [-0.05, 0) is 19.3 Å². The van der Waals surface area contributed by atoms with E-state index in [1.807, 2.05) is 6.29 Å². The lowest BCUT2D eigenvalue weighted by Crippen LogP contribution is -2.23. The van der Waals surface area contributed by atoms with Gasteiger partial charge in [0.05, 0.1) is 0 Å². The molecule has 0 aliphatic heterocycles. The van der Waals surface area contributed by atoms with Crippen molar-refractivity contribution >= 4 is 12.2 Å². The van der Waals surface area contributed by atoms with E-state index in [0.29, 0.717) is 12.8 Å². The molecule has 1 amide bonds. The van der Waals surface area contributed by atoms with E-state index in [4.69, 9.17) is 0 Å². The summed E-state index contributed by atoms with van der Waals surface area (Å²) in [5.74, 6) is 0.0833. The van der Waals surface area contributed by atoms with Gasteiger partial charge < -0.3 is 5.32 Å². The molecule has 0 aliphatic rings. The van der Waals surface area contributed by atoms with Gasteiger partial charge in [-0.3, -0.25) is 9.59 Å². The predicted molar refractivity (Wildman–Crippen MR) is 56.4 cm³/mol. The molecule has 0 aromatic carbocycles. The molecule has 14 heavy (non-hydrogen) atoms. The third-order valence-electron chi connectivity index (χ3n) is 1.93. The predicted octanol–water partition coefficient (Wildman–Crippen LogP) is 1.78. The highest BCUT2D eigenvalue weighted by Gasteiger charge is 1.99. The van der Waals surface area contributed by atoms with Crippen LogP contribution in [0, 0.1) is 6.92 Å². The first kappa shape index (κ1) is 13.1. The quantitative estimate of drug-likeness (QED) is 0.573. The van der Waals surface area contributed by atoms with Gasteiger partial charge in [0.25, 0.3) is 0 Å². The molecule has 0 rings (SSSR count). The Labute approximate surface area is 86.3 Å². The van der Waals surface area contributed by atoms with Gasteiger partial charge in [-0.25, -0.2) is 0 Å². The van der Waals surface area contributed by atoms with Crippen LogP contribution in [0.15, 0.2) is 0 Å². The first-order chi connectivity index (χ1) is 6.81. The zero-order chi connectivity index (χ0) is 10.6. The highest BCUT2D eigenvalue weighted by Crippen LogP contribution is 1.98. The minimum atomic E-state index is 0.0833. The molecular weight excluding hydrogens is 178 g/mol. The maximum absolute atomic E-state index is 11.1. The number of rotatable bonds is 9. The Hall–Kier alpha value is -0.860. The smallest absolute Gasteiger partial charge is 0.219 e. The summed E-state index contributed by atoms with van der Waals surface area (Å²) < 4.78 is 0. The summed E-state index contributed by atoms with van der Waals surface area (Å²) in [7, 11) is 0. The van der Waals surface area contributed by atoms with Crippen molar-refractivity contribution in [3.05, 3.63) is 6.92 Å². The number of hydrogen-bond donors (Lipinski definition) is 1. The average molecular weight is 197 g/mol. The van der Waals surface area contributed by atoms with Crippen molar-refractivity contribution in [2.24, 2.45) is 0 Å². The van der Waals surface area contributed by atoms with Gasteiger partial charge in [-0.15, -0.1) is 0 Å². The van der Waals surface area contributed by atoms with Crippen LogP contribution in [-0.4, -0.2) is 18.7 Å². The maximum atomic E-state index is 11.1. The summed E-state index contributed by atoms with van der Waals surface area (Å²) in [6, 6.07) is 0. The molecule has 1 N–H and O–H groups in total. The molecule has 0 saturated heterocycles. The van der Waals surface area contributed by atoms with Crippen molar-refractivity contribution in [1.82, 2.24) is 5.32 Å². The van der Waals surface area contributed by atoms with E-state index in [1.54, 1.807) is 0 Å². The van der Waals surface area contributed by atoms with Crippen LogP contribution < -0.4 is 5.32 Å². The zero-order valence-electron chi connectivity index (χ0n) is 8.68. The Bertz CT molecular complexity index is 157. The molecule has 0 unspecified atom stereocenters. The topological polar surface area (TPSA) is 46.2 Å². The van der Waals surface area contributed by atoms with Crippen LogP contribution in [0.2, 0.25) is 0 Å². The highest BCUT2D eigenvalue weighted by atomic mass is 16.1. The van der Waals surface area contributed by atoms with Gasteiger partial charge in [0.15, 0.2) is 6.29 Å². The summed E-state index contributed by atoms with van der Waals surface area (Å²) in [5, 5.41) is 2.83. The van der Waals surface area contributed by atoms with Gasteiger partial charge >= 0.3 is 0 Å². The normalized spacial score (nSPS) is 9.79. The van der Waals surface area contributed by atoms with E-state index in [-0.39, 0.29) is 5.91 Å². The fourth-order valence-electron chi connectivity index (χ4n) is 1.10. The molecule has 0 heterocycles. The van der Waals surface area contributed by atoms with Gasteiger partial charge in [0, 0.05) is 19.4 Å². The standard InChI is InChI=1S/C11H19NO2/c1-2-3-6-9-12-11(14)8-5-4-7-10-13/h1-9H2,(H,12,14). The van der Waals surface area contributed by atoms with Crippen LogP contribution in [0.25, 0.3) is 0 Å². The van der Waals surface area contributed by atoms with Gasteiger partial charge in [0.2, 0.25) is 5.91 Å². The fourth-order valence-corrected chi connectivity index (χ4v) is 1.10.